The third-order valence-corrected chi connectivity index (χ3v) is 3.94. The van der Waals surface area contributed by atoms with E-state index in [9.17, 15) is 14.7 Å². The van der Waals surface area contributed by atoms with Crippen molar-refractivity contribution in [2.45, 2.75) is 25.2 Å². The number of rotatable bonds is 8. The molecular formula is C12H23BN2O6. The number of hydrogen-bond acceptors (Lipinski definition) is 6. The number of aliphatic carboxylic acids is 1. The molecule has 0 aliphatic carbocycles. The molecule has 3 atom stereocenters. The monoisotopic (exact) mass is 302 g/mol. The number of aliphatic hydroxyl groups excluding tert-OH is 1. The lowest BCUT2D eigenvalue weighted by atomic mass is 9.80. The number of aliphatic hydroxyl groups is 1. The van der Waals surface area contributed by atoms with Gasteiger partial charge < -0.3 is 30.5 Å². The zero-order valence-electron chi connectivity index (χ0n) is 12.1. The van der Waals surface area contributed by atoms with Gasteiger partial charge in [0, 0.05) is 13.1 Å². The van der Waals surface area contributed by atoms with Crippen molar-refractivity contribution >= 4 is 19.0 Å². The van der Waals surface area contributed by atoms with Gasteiger partial charge in [-0.05, 0) is 25.7 Å². The number of nitrogens with one attached hydrogen (secondary N) is 1. The lowest BCUT2D eigenvalue weighted by molar-refractivity contribution is -0.142. The van der Waals surface area contributed by atoms with Crippen LogP contribution in [0, 0.1) is 11.8 Å². The molecule has 1 rings (SSSR count). The number of hydrogen-bond donors (Lipinski definition) is 5. The fourth-order valence-electron chi connectivity index (χ4n) is 2.70. The molecule has 1 unspecified atom stereocenters. The third-order valence-electron chi connectivity index (χ3n) is 3.94. The standard InChI is InChI=1S/C12H23BN2O6/c1-14-10(7-16)11(17)15-5-8(3-2-4-13(20)21)9(6-15)12(18)19/h8-10,14,16,20-21H,2-7H2,1H3,(H,18,19)/t8-,9+,10?/m0/s1. The number of carbonyl (C=O) groups excluding carboxylic acids is 1. The Morgan fingerprint density at radius 2 is 2.05 bits per heavy atom. The molecular weight excluding hydrogens is 279 g/mol. The van der Waals surface area contributed by atoms with Gasteiger partial charge in [0.25, 0.3) is 0 Å². The molecule has 8 nitrogen and oxygen atoms in total. The van der Waals surface area contributed by atoms with Crippen molar-refractivity contribution in [3.05, 3.63) is 0 Å². The van der Waals surface area contributed by atoms with Gasteiger partial charge in [0.1, 0.15) is 6.04 Å². The molecule has 120 valence electrons. The summed E-state index contributed by atoms with van der Waals surface area (Å²) in [6.07, 6.45) is 1.19. The molecule has 0 aromatic carbocycles. The maximum Gasteiger partial charge on any atom is 0.451 e. The van der Waals surface area contributed by atoms with E-state index in [1.165, 1.54) is 4.90 Å². The number of amides is 1. The van der Waals surface area contributed by atoms with Gasteiger partial charge >= 0.3 is 13.1 Å². The van der Waals surface area contributed by atoms with E-state index in [-0.39, 0.29) is 31.3 Å². The first kappa shape index (κ1) is 17.9. The van der Waals surface area contributed by atoms with Crippen LogP contribution in [0.3, 0.4) is 0 Å². The zero-order chi connectivity index (χ0) is 16.0. The second-order valence-electron chi connectivity index (χ2n) is 5.38. The number of likely N-dealkylation sites (N-methyl/N-ethyl adjacent to an activating group) is 1. The van der Waals surface area contributed by atoms with Crippen LogP contribution in [0.15, 0.2) is 0 Å². The van der Waals surface area contributed by atoms with Gasteiger partial charge in [-0.1, -0.05) is 6.42 Å². The van der Waals surface area contributed by atoms with Crippen LogP contribution in [-0.2, 0) is 9.59 Å². The average Bonchev–Trinajstić information content (AvgIpc) is 2.84. The van der Waals surface area contributed by atoms with E-state index in [0.29, 0.717) is 19.4 Å². The first-order valence-electron chi connectivity index (χ1n) is 7.06. The van der Waals surface area contributed by atoms with Gasteiger partial charge in [-0.2, -0.15) is 0 Å². The largest absolute Gasteiger partial charge is 0.481 e. The first-order chi connectivity index (χ1) is 9.90. The quantitative estimate of drug-likeness (QED) is 0.327. The SMILES string of the molecule is CNC(CO)C(=O)N1C[C@H](CCCB(O)O)[C@H](C(=O)O)C1. The zero-order valence-corrected chi connectivity index (χ0v) is 12.1. The summed E-state index contributed by atoms with van der Waals surface area (Å²) in [5.41, 5.74) is 0. The summed E-state index contributed by atoms with van der Waals surface area (Å²) in [5.74, 6) is -2.12. The Hall–Kier alpha value is -1.16. The highest BCUT2D eigenvalue weighted by atomic mass is 16.4. The number of likely N-dealkylation sites (tertiary alicyclic amines) is 1. The normalized spacial score (nSPS) is 23.1. The molecule has 0 bridgehead atoms. The summed E-state index contributed by atoms with van der Waals surface area (Å²) in [4.78, 5) is 24.9. The molecule has 1 aliphatic rings. The van der Waals surface area contributed by atoms with Crippen LogP contribution in [-0.4, -0.2) is 76.9 Å². The van der Waals surface area contributed by atoms with Gasteiger partial charge in [-0.15, -0.1) is 0 Å². The molecule has 0 aromatic rings. The highest BCUT2D eigenvalue weighted by Crippen LogP contribution is 2.28. The van der Waals surface area contributed by atoms with Crippen molar-refractivity contribution in [1.82, 2.24) is 10.2 Å². The Labute approximate surface area is 123 Å². The maximum atomic E-state index is 12.1. The van der Waals surface area contributed by atoms with Crippen LogP contribution in [0.25, 0.3) is 0 Å². The van der Waals surface area contributed by atoms with Crippen LogP contribution in [0.4, 0.5) is 0 Å². The van der Waals surface area contributed by atoms with E-state index >= 15 is 0 Å². The summed E-state index contributed by atoms with van der Waals surface area (Å²) in [7, 11) is 0.166. The van der Waals surface area contributed by atoms with Crippen molar-refractivity contribution in [1.29, 1.82) is 0 Å². The lowest BCUT2D eigenvalue weighted by Gasteiger charge is -2.21. The van der Waals surface area contributed by atoms with E-state index < -0.39 is 25.0 Å². The Morgan fingerprint density at radius 1 is 1.38 bits per heavy atom. The number of carboxylic acids is 1. The van der Waals surface area contributed by atoms with Gasteiger partial charge in [0.05, 0.1) is 12.5 Å². The summed E-state index contributed by atoms with van der Waals surface area (Å²) in [6, 6.07) is -0.725. The van der Waals surface area contributed by atoms with Crippen LogP contribution in [0.1, 0.15) is 12.8 Å². The molecule has 1 fully saturated rings. The number of nitrogens with zero attached hydrogens (tertiary/aromatic N) is 1. The molecule has 21 heavy (non-hydrogen) atoms. The lowest BCUT2D eigenvalue weighted by Crippen LogP contribution is -2.46. The smallest absolute Gasteiger partial charge is 0.451 e. The van der Waals surface area contributed by atoms with Crippen LogP contribution >= 0.6 is 0 Å². The predicted octanol–water partition coefficient (Wildman–Crippen LogP) is -2.02. The molecule has 0 aromatic heterocycles. The molecule has 0 saturated carbocycles. The summed E-state index contributed by atoms with van der Waals surface area (Å²) in [6.45, 7) is 0.0964. The average molecular weight is 302 g/mol. The van der Waals surface area contributed by atoms with Crippen molar-refractivity contribution in [2.75, 3.05) is 26.7 Å². The molecule has 1 saturated heterocycles. The summed E-state index contributed by atoms with van der Waals surface area (Å²) >= 11 is 0. The first-order valence-corrected chi connectivity index (χ1v) is 7.06. The Kier molecular flexibility index (Phi) is 7.10. The molecule has 9 heteroatoms. The Bertz CT molecular complexity index is 364. The Balaban J connectivity index is 2.63. The predicted molar refractivity (Wildman–Crippen MR) is 75.4 cm³/mol. The molecule has 1 aliphatic heterocycles. The molecule has 1 amide bonds. The molecule has 0 radical (unpaired) electrons. The van der Waals surface area contributed by atoms with Crippen molar-refractivity contribution in [3.63, 3.8) is 0 Å². The van der Waals surface area contributed by atoms with Crippen LogP contribution in [0.2, 0.25) is 6.32 Å². The van der Waals surface area contributed by atoms with Crippen molar-refractivity contribution in [3.8, 4) is 0 Å². The van der Waals surface area contributed by atoms with Crippen molar-refractivity contribution < 1.29 is 29.9 Å². The minimum absolute atomic E-state index is 0.124. The third kappa shape index (κ3) is 4.96. The van der Waals surface area contributed by atoms with E-state index in [1.54, 1.807) is 7.05 Å². The van der Waals surface area contributed by atoms with Gasteiger partial charge in [-0.25, -0.2) is 0 Å². The van der Waals surface area contributed by atoms with E-state index in [2.05, 4.69) is 5.32 Å². The fourth-order valence-corrected chi connectivity index (χ4v) is 2.70. The fraction of sp³-hybridized carbons (Fsp3) is 0.833. The van der Waals surface area contributed by atoms with Gasteiger partial charge in [-0.3, -0.25) is 9.59 Å². The summed E-state index contributed by atoms with van der Waals surface area (Å²) in [5, 5.41) is 38.7. The van der Waals surface area contributed by atoms with Gasteiger partial charge in [0.15, 0.2) is 0 Å². The van der Waals surface area contributed by atoms with Crippen LogP contribution < -0.4 is 5.32 Å². The van der Waals surface area contributed by atoms with Crippen molar-refractivity contribution in [2.24, 2.45) is 11.8 Å². The minimum Gasteiger partial charge on any atom is -0.481 e. The highest BCUT2D eigenvalue weighted by Gasteiger charge is 2.40. The number of carbonyl (C=O) groups is 2. The van der Waals surface area contributed by atoms with Gasteiger partial charge in [0.2, 0.25) is 5.91 Å². The number of carboxylic acid groups (broad SMARTS) is 1. The van der Waals surface area contributed by atoms with E-state index in [1.807, 2.05) is 0 Å². The van der Waals surface area contributed by atoms with E-state index in [0.717, 1.165) is 0 Å². The van der Waals surface area contributed by atoms with Crippen LogP contribution in [0.5, 0.6) is 0 Å². The molecule has 5 N–H and O–H groups in total. The summed E-state index contributed by atoms with van der Waals surface area (Å²) < 4.78 is 0. The maximum absolute atomic E-state index is 12.1. The second kappa shape index (κ2) is 8.33. The topological polar surface area (TPSA) is 130 Å². The highest BCUT2D eigenvalue weighted by molar-refractivity contribution is 6.40. The van der Waals surface area contributed by atoms with E-state index in [4.69, 9.17) is 15.2 Å². The second-order valence-corrected chi connectivity index (χ2v) is 5.38. The Morgan fingerprint density at radius 3 is 2.52 bits per heavy atom. The molecule has 1 heterocycles. The molecule has 0 spiro atoms. The minimum atomic E-state index is -1.39.